The minimum absolute atomic E-state index is 0.318. The first-order valence-electron chi connectivity index (χ1n) is 9.82. The van der Waals surface area contributed by atoms with Gasteiger partial charge in [-0.05, 0) is 62.4 Å². The maximum absolute atomic E-state index is 12.5. The average Bonchev–Trinajstić information content (AvgIpc) is 2.59. The van der Waals surface area contributed by atoms with Crippen LogP contribution in [0.15, 0.2) is 48.5 Å². The standard InChI is InChI=1S/C23H29N3O/c1-23(2)18(12-16-8-5-4-6-9-16)13-20-19(17-14-25(3)15-17)10-7-11-21(20)26(23)22(24)27/h4-11,17-18H,12-15H2,1-3H3,(H2,24,27). The monoisotopic (exact) mass is 363 g/mol. The van der Waals surface area contributed by atoms with Crippen molar-refractivity contribution in [2.75, 3.05) is 25.0 Å². The molecule has 0 saturated carbocycles. The molecule has 1 fully saturated rings. The van der Waals surface area contributed by atoms with E-state index >= 15 is 0 Å². The Hall–Kier alpha value is -2.33. The third kappa shape index (κ3) is 3.12. The molecule has 1 atom stereocenters. The molecule has 2 aromatic rings. The number of rotatable bonds is 3. The normalized spacial score (nSPS) is 22.2. The smallest absolute Gasteiger partial charge is 0.319 e. The van der Waals surface area contributed by atoms with Crippen LogP contribution in [0.4, 0.5) is 10.5 Å². The van der Waals surface area contributed by atoms with Gasteiger partial charge in [-0.15, -0.1) is 0 Å². The summed E-state index contributed by atoms with van der Waals surface area (Å²) < 4.78 is 0. The van der Waals surface area contributed by atoms with Crippen LogP contribution < -0.4 is 10.6 Å². The van der Waals surface area contributed by atoms with Crippen LogP contribution >= 0.6 is 0 Å². The van der Waals surface area contributed by atoms with E-state index in [0.717, 1.165) is 31.6 Å². The third-order valence-corrected chi connectivity index (χ3v) is 6.50. The highest BCUT2D eigenvalue weighted by Crippen LogP contribution is 2.45. The van der Waals surface area contributed by atoms with Gasteiger partial charge in [0.1, 0.15) is 0 Å². The number of urea groups is 1. The van der Waals surface area contributed by atoms with Crippen molar-refractivity contribution < 1.29 is 4.79 Å². The van der Waals surface area contributed by atoms with Gasteiger partial charge < -0.3 is 10.6 Å². The van der Waals surface area contributed by atoms with E-state index < -0.39 is 0 Å². The Morgan fingerprint density at radius 2 is 1.81 bits per heavy atom. The Balaban J connectivity index is 1.76. The van der Waals surface area contributed by atoms with E-state index in [4.69, 9.17) is 5.73 Å². The summed E-state index contributed by atoms with van der Waals surface area (Å²) in [6.07, 6.45) is 1.92. The van der Waals surface area contributed by atoms with Gasteiger partial charge in [0.15, 0.2) is 0 Å². The molecular weight excluding hydrogens is 334 g/mol. The van der Waals surface area contributed by atoms with E-state index in [0.29, 0.717) is 11.8 Å². The number of carbonyl (C=O) groups is 1. The number of nitrogens with zero attached hydrogens (tertiary/aromatic N) is 2. The van der Waals surface area contributed by atoms with Gasteiger partial charge in [-0.3, -0.25) is 4.90 Å². The van der Waals surface area contributed by atoms with Crippen molar-refractivity contribution in [1.82, 2.24) is 4.90 Å². The van der Waals surface area contributed by atoms with E-state index in [1.807, 2.05) is 11.0 Å². The zero-order valence-electron chi connectivity index (χ0n) is 16.5. The maximum Gasteiger partial charge on any atom is 0.319 e. The average molecular weight is 364 g/mol. The molecule has 27 heavy (non-hydrogen) atoms. The second-order valence-corrected chi connectivity index (χ2v) is 8.68. The number of benzene rings is 2. The summed E-state index contributed by atoms with van der Waals surface area (Å²) in [5.74, 6) is 0.872. The summed E-state index contributed by atoms with van der Waals surface area (Å²) in [6.45, 7) is 6.47. The lowest BCUT2D eigenvalue weighted by Crippen LogP contribution is -2.58. The lowest BCUT2D eigenvalue weighted by Gasteiger charge is -2.49. The number of nitrogens with two attached hydrogens (primary N) is 1. The topological polar surface area (TPSA) is 49.6 Å². The van der Waals surface area contributed by atoms with Gasteiger partial charge in [0, 0.05) is 30.2 Å². The molecule has 4 rings (SSSR count). The highest BCUT2D eigenvalue weighted by Gasteiger charge is 2.44. The lowest BCUT2D eigenvalue weighted by molar-refractivity contribution is 0.187. The minimum Gasteiger partial charge on any atom is -0.351 e. The van der Waals surface area contributed by atoms with Crippen molar-refractivity contribution in [3.63, 3.8) is 0 Å². The second-order valence-electron chi connectivity index (χ2n) is 8.68. The molecule has 2 aromatic carbocycles. The summed E-state index contributed by atoms with van der Waals surface area (Å²) in [4.78, 5) is 16.7. The molecule has 1 saturated heterocycles. The number of fused-ring (bicyclic) bond motifs is 1. The number of carbonyl (C=O) groups excluding carboxylic acids is 1. The fourth-order valence-corrected chi connectivity index (χ4v) is 4.91. The van der Waals surface area contributed by atoms with Gasteiger partial charge in [0.2, 0.25) is 0 Å². The molecule has 0 radical (unpaired) electrons. The molecular formula is C23H29N3O. The van der Waals surface area contributed by atoms with E-state index in [-0.39, 0.29) is 11.6 Å². The molecule has 2 amide bonds. The summed E-state index contributed by atoms with van der Waals surface area (Å²) in [5, 5.41) is 0. The van der Waals surface area contributed by atoms with Gasteiger partial charge in [-0.2, -0.15) is 0 Å². The van der Waals surface area contributed by atoms with Crippen LogP contribution in [0, 0.1) is 5.92 Å². The van der Waals surface area contributed by atoms with E-state index in [2.05, 4.69) is 68.3 Å². The summed E-state index contributed by atoms with van der Waals surface area (Å²) in [7, 11) is 2.16. The molecule has 1 unspecified atom stereocenters. The van der Waals surface area contributed by atoms with Gasteiger partial charge >= 0.3 is 6.03 Å². The molecule has 4 heteroatoms. The number of anilines is 1. The first-order chi connectivity index (χ1) is 12.9. The molecule has 2 aliphatic heterocycles. The molecule has 0 bridgehead atoms. The zero-order chi connectivity index (χ0) is 19.2. The van der Waals surface area contributed by atoms with Crippen molar-refractivity contribution in [2.45, 2.75) is 38.1 Å². The maximum atomic E-state index is 12.5. The van der Waals surface area contributed by atoms with E-state index in [9.17, 15) is 4.79 Å². The van der Waals surface area contributed by atoms with E-state index in [1.54, 1.807) is 0 Å². The zero-order valence-corrected chi connectivity index (χ0v) is 16.5. The number of likely N-dealkylation sites (tertiary alicyclic amines) is 1. The fourth-order valence-electron chi connectivity index (χ4n) is 4.91. The van der Waals surface area contributed by atoms with E-state index in [1.165, 1.54) is 16.7 Å². The number of primary amides is 1. The molecule has 142 valence electrons. The summed E-state index contributed by atoms with van der Waals surface area (Å²) in [6, 6.07) is 16.6. The van der Waals surface area contributed by atoms with Crippen molar-refractivity contribution in [3.05, 3.63) is 65.2 Å². The van der Waals surface area contributed by atoms with Gasteiger partial charge in [-0.25, -0.2) is 4.79 Å². The number of amides is 2. The quantitative estimate of drug-likeness (QED) is 0.902. The highest BCUT2D eigenvalue weighted by atomic mass is 16.2. The number of hydrogen-bond acceptors (Lipinski definition) is 2. The van der Waals surface area contributed by atoms with Crippen LogP contribution in [-0.2, 0) is 12.8 Å². The largest absolute Gasteiger partial charge is 0.351 e. The predicted octanol–water partition coefficient (Wildman–Crippen LogP) is 3.79. The van der Waals surface area contributed by atoms with Crippen molar-refractivity contribution >= 4 is 11.7 Å². The van der Waals surface area contributed by atoms with Gasteiger partial charge in [0.05, 0.1) is 0 Å². The van der Waals surface area contributed by atoms with Crippen LogP contribution in [-0.4, -0.2) is 36.6 Å². The minimum atomic E-state index is -0.359. The first kappa shape index (κ1) is 18.1. The van der Waals surface area contributed by atoms with Crippen LogP contribution in [0.25, 0.3) is 0 Å². The Labute approximate surface area is 162 Å². The van der Waals surface area contributed by atoms with Crippen molar-refractivity contribution in [1.29, 1.82) is 0 Å². The SMILES string of the molecule is CN1CC(c2cccc3c2CC(Cc2ccccc2)C(C)(C)N3C(N)=O)C1. The Morgan fingerprint density at radius 1 is 1.11 bits per heavy atom. The highest BCUT2D eigenvalue weighted by molar-refractivity contribution is 5.94. The Morgan fingerprint density at radius 3 is 2.44 bits per heavy atom. The lowest BCUT2D eigenvalue weighted by atomic mass is 9.71. The van der Waals surface area contributed by atoms with Crippen LogP contribution in [0.5, 0.6) is 0 Å². The molecule has 2 heterocycles. The number of likely N-dealkylation sites (N-methyl/N-ethyl adjacent to an activating group) is 1. The van der Waals surface area contributed by atoms with Gasteiger partial charge in [0.25, 0.3) is 0 Å². The molecule has 0 aliphatic carbocycles. The third-order valence-electron chi connectivity index (χ3n) is 6.50. The summed E-state index contributed by atoms with van der Waals surface area (Å²) >= 11 is 0. The van der Waals surface area contributed by atoms with Crippen LogP contribution in [0.2, 0.25) is 0 Å². The molecule has 0 aromatic heterocycles. The Kier molecular flexibility index (Phi) is 4.47. The molecule has 0 spiro atoms. The molecule has 4 nitrogen and oxygen atoms in total. The molecule has 2 aliphatic rings. The number of hydrogen-bond donors (Lipinski definition) is 1. The second kappa shape index (κ2) is 6.68. The van der Waals surface area contributed by atoms with Gasteiger partial charge in [-0.1, -0.05) is 42.5 Å². The van der Waals surface area contributed by atoms with Crippen molar-refractivity contribution in [3.8, 4) is 0 Å². The Bertz CT molecular complexity index is 840. The molecule has 2 N–H and O–H groups in total. The predicted molar refractivity (Wildman–Crippen MR) is 110 cm³/mol. The van der Waals surface area contributed by atoms with Crippen LogP contribution in [0.3, 0.4) is 0 Å². The first-order valence-corrected chi connectivity index (χ1v) is 9.82. The fraction of sp³-hybridized carbons (Fsp3) is 0.435. The van der Waals surface area contributed by atoms with Crippen molar-refractivity contribution in [2.24, 2.45) is 11.7 Å². The summed E-state index contributed by atoms with van der Waals surface area (Å²) in [5.41, 5.74) is 10.6. The van der Waals surface area contributed by atoms with Crippen LogP contribution in [0.1, 0.15) is 36.5 Å².